The third-order valence-corrected chi connectivity index (χ3v) is 5.10. The Morgan fingerprint density at radius 1 is 0.742 bits per heavy atom. The van der Waals surface area contributed by atoms with Gasteiger partial charge in [0.1, 0.15) is 12.7 Å². The van der Waals surface area contributed by atoms with Crippen molar-refractivity contribution in [1.29, 1.82) is 0 Å². The minimum absolute atomic E-state index is 0.160. The first kappa shape index (κ1) is 20.3. The monoisotopic (exact) mass is 412 g/mol. The summed E-state index contributed by atoms with van der Waals surface area (Å²) in [7, 11) is 0. The molecule has 0 amide bonds. The summed E-state index contributed by atoms with van der Waals surface area (Å²) in [5, 5.41) is 21.5. The zero-order valence-electron chi connectivity index (χ0n) is 16.6. The molecule has 0 radical (unpaired) electrons. The first-order chi connectivity index (χ1) is 15.0. The van der Waals surface area contributed by atoms with Crippen LogP contribution in [0.2, 0.25) is 0 Å². The summed E-state index contributed by atoms with van der Waals surface area (Å²) in [5.41, 5.74) is 2.73. The van der Waals surface area contributed by atoms with E-state index in [1.54, 1.807) is 24.3 Å². The van der Waals surface area contributed by atoms with Crippen molar-refractivity contribution in [3.8, 4) is 0 Å². The van der Waals surface area contributed by atoms with Crippen molar-refractivity contribution < 1.29 is 24.5 Å². The second kappa shape index (κ2) is 8.81. The summed E-state index contributed by atoms with van der Waals surface area (Å²) in [6.07, 6.45) is -0.916. The van der Waals surface area contributed by atoms with Crippen molar-refractivity contribution in [1.82, 2.24) is 0 Å². The van der Waals surface area contributed by atoms with Crippen molar-refractivity contribution in [2.24, 2.45) is 0 Å². The van der Waals surface area contributed by atoms with E-state index in [1.807, 2.05) is 54.6 Å². The number of aliphatic hydroxyl groups is 1. The van der Waals surface area contributed by atoms with Crippen LogP contribution in [0.4, 0.5) is 0 Å². The summed E-state index contributed by atoms with van der Waals surface area (Å²) in [6, 6.07) is 26.4. The number of hydrogen-bond donors (Lipinski definition) is 2. The SMILES string of the molecule is O=C(O)c1ccc(C(O)c2ccc3ccc(C(=O)OCc4ccccc4)cc3c2)cc1. The summed E-state index contributed by atoms with van der Waals surface area (Å²) >= 11 is 0. The van der Waals surface area contributed by atoms with Crippen LogP contribution in [0.1, 0.15) is 43.5 Å². The molecule has 1 atom stereocenters. The van der Waals surface area contributed by atoms with Gasteiger partial charge >= 0.3 is 11.9 Å². The van der Waals surface area contributed by atoms with Crippen LogP contribution in [-0.2, 0) is 11.3 Å². The van der Waals surface area contributed by atoms with Crippen LogP contribution in [0.3, 0.4) is 0 Å². The lowest BCUT2D eigenvalue weighted by atomic mass is 9.97. The molecule has 2 N–H and O–H groups in total. The van der Waals surface area contributed by atoms with Gasteiger partial charge in [0, 0.05) is 0 Å². The number of carbonyl (C=O) groups is 2. The molecule has 0 aliphatic carbocycles. The lowest BCUT2D eigenvalue weighted by molar-refractivity contribution is 0.0472. The quantitative estimate of drug-likeness (QED) is 0.437. The summed E-state index contributed by atoms with van der Waals surface area (Å²) in [4.78, 5) is 23.5. The van der Waals surface area contributed by atoms with Gasteiger partial charge in [-0.25, -0.2) is 9.59 Å². The predicted octanol–water partition coefficient (Wildman–Crippen LogP) is 4.98. The minimum Gasteiger partial charge on any atom is -0.478 e. The molecule has 0 saturated carbocycles. The number of hydrogen-bond acceptors (Lipinski definition) is 4. The van der Waals surface area contributed by atoms with Gasteiger partial charge in [0.15, 0.2) is 0 Å². The van der Waals surface area contributed by atoms with Gasteiger partial charge in [-0.15, -0.1) is 0 Å². The Kier molecular flexibility index (Phi) is 5.78. The molecule has 0 saturated heterocycles. The number of benzene rings is 4. The average Bonchev–Trinajstić information content (AvgIpc) is 2.82. The highest BCUT2D eigenvalue weighted by atomic mass is 16.5. The Hall–Kier alpha value is -3.96. The highest BCUT2D eigenvalue weighted by Crippen LogP contribution is 2.26. The molecule has 0 bridgehead atoms. The molecule has 0 aliphatic heterocycles. The number of carbonyl (C=O) groups excluding carboxylic acids is 1. The second-order valence-corrected chi connectivity index (χ2v) is 7.21. The second-order valence-electron chi connectivity index (χ2n) is 7.21. The van der Waals surface area contributed by atoms with E-state index in [0.717, 1.165) is 16.3 Å². The molecular formula is C26H20O5. The number of ether oxygens (including phenoxy) is 1. The maximum absolute atomic E-state index is 12.5. The van der Waals surface area contributed by atoms with Gasteiger partial charge in [0.05, 0.1) is 11.1 Å². The maximum Gasteiger partial charge on any atom is 0.338 e. The van der Waals surface area contributed by atoms with E-state index in [0.29, 0.717) is 16.7 Å². The van der Waals surface area contributed by atoms with E-state index >= 15 is 0 Å². The van der Waals surface area contributed by atoms with Crippen molar-refractivity contribution in [3.63, 3.8) is 0 Å². The van der Waals surface area contributed by atoms with Gasteiger partial charge in [-0.2, -0.15) is 0 Å². The van der Waals surface area contributed by atoms with E-state index in [9.17, 15) is 14.7 Å². The lowest BCUT2D eigenvalue weighted by Gasteiger charge is -2.13. The van der Waals surface area contributed by atoms with E-state index in [4.69, 9.17) is 9.84 Å². The Morgan fingerprint density at radius 2 is 1.39 bits per heavy atom. The van der Waals surface area contributed by atoms with Gasteiger partial charge in [0.2, 0.25) is 0 Å². The number of fused-ring (bicyclic) bond motifs is 1. The number of rotatable bonds is 6. The van der Waals surface area contributed by atoms with Crippen LogP contribution in [0.15, 0.2) is 91.0 Å². The number of carboxylic acids is 1. The molecule has 0 aromatic heterocycles. The Labute approximate surface area is 179 Å². The zero-order valence-corrected chi connectivity index (χ0v) is 16.6. The lowest BCUT2D eigenvalue weighted by Crippen LogP contribution is -2.05. The summed E-state index contributed by atoms with van der Waals surface area (Å²) in [6.45, 7) is 0.197. The predicted molar refractivity (Wildman–Crippen MR) is 117 cm³/mol. The van der Waals surface area contributed by atoms with Gasteiger partial charge in [0.25, 0.3) is 0 Å². The summed E-state index contributed by atoms with van der Waals surface area (Å²) in [5.74, 6) is -1.43. The van der Waals surface area contributed by atoms with Crippen molar-refractivity contribution in [3.05, 3.63) is 119 Å². The van der Waals surface area contributed by atoms with Crippen molar-refractivity contribution >= 4 is 22.7 Å². The third kappa shape index (κ3) is 4.63. The number of carboxylic acid groups (broad SMARTS) is 1. The number of aliphatic hydroxyl groups excluding tert-OH is 1. The molecule has 4 aromatic carbocycles. The van der Waals surface area contributed by atoms with Gasteiger partial charge in [-0.1, -0.05) is 60.7 Å². The fraction of sp³-hybridized carbons (Fsp3) is 0.0769. The molecule has 5 heteroatoms. The highest BCUT2D eigenvalue weighted by molar-refractivity contribution is 5.95. The Balaban J connectivity index is 1.55. The zero-order chi connectivity index (χ0) is 21.8. The summed E-state index contributed by atoms with van der Waals surface area (Å²) < 4.78 is 5.40. The Morgan fingerprint density at radius 3 is 2.10 bits per heavy atom. The van der Waals surface area contributed by atoms with Crippen LogP contribution in [-0.4, -0.2) is 22.2 Å². The standard InChI is InChI=1S/C26H20O5/c27-24(19-8-10-20(11-9-19)25(28)29)21-12-6-18-7-13-22(15-23(18)14-21)26(30)31-16-17-4-2-1-3-5-17/h1-15,24,27H,16H2,(H,28,29). The molecule has 154 valence electrons. The van der Waals surface area contributed by atoms with Crippen LogP contribution >= 0.6 is 0 Å². The number of aromatic carboxylic acids is 1. The molecular weight excluding hydrogens is 392 g/mol. The topological polar surface area (TPSA) is 83.8 Å². The molecule has 0 heterocycles. The molecule has 0 spiro atoms. The van der Waals surface area contributed by atoms with E-state index in [-0.39, 0.29) is 12.2 Å². The molecule has 5 nitrogen and oxygen atoms in total. The van der Waals surface area contributed by atoms with Gasteiger partial charge in [-0.05, 0) is 57.8 Å². The van der Waals surface area contributed by atoms with E-state index < -0.39 is 18.0 Å². The van der Waals surface area contributed by atoms with E-state index in [1.165, 1.54) is 12.1 Å². The molecule has 0 fully saturated rings. The highest BCUT2D eigenvalue weighted by Gasteiger charge is 2.14. The normalized spacial score (nSPS) is 11.8. The maximum atomic E-state index is 12.5. The molecule has 0 aliphatic rings. The van der Waals surface area contributed by atoms with Crippen molar-refractivity contribution in [2.75, 3.05) is 0 Å². The Bertz CT molecular complexity index is 1230. The van der Waals surface area contributed by atoms with Crippen LogP contribution < -0.4 is 0 Å². The fourth-order valence-corrected chi connectivity index (χ4v) is 3.37. The first-order valence-electron chi connectivity index (χ1n) is 9.77. The van der Waals surface area contributed by atoms with Crippen LogP contribution in [0, 0.1) is 0 Å². The first-order valence-corrected chi connectivity index (χ1v) is 9.77. The fourth-order valence-electron chi connectivity index (χ4n) is 3.37. The van der Waals surface area contributed by atoms with E-state index in [2.05, 4.69) is 0 Å². The molecule has 4 aromatic rings. The van der Waals surface area contributed by atoms with Crippen LogP contribution in [0.5, 0.6) is 0 Å². The van der Waals surface area contributed by atoms with Gasteiger partial charge in [-0.3, -0.25) is 0 Å². The van der Waals surface area contributed by atoms with Crippen molar-refractivity contribution in [2.45, 2.75) is 12.7 Å². The number of esters is 1. The van der Waals surface area contributed by atoms with Gasteiger partial charge < -0.3 is 14.9 Å². The largest absolute Gasteiger partial charge is 0.478 e. The molecule has 31 heavy (non-hydrogen) atoms. The molecule has 1 unspecified atom stereocenters. The average molecular weight is 412 g/mol. The third-order valence-electron chi connectivity index (χ3n) is 5.10. The van der Waals surface area contributed by atoms with Crippen LogP contribution in [0.25, 0.3) is 10.8 Å². The molecule has 4 rings (SSSR count). The minimum atomic E-state index is -1.02. The smallest absolute Gasteiger partial charge is 0.338 e.